The molecule has 3 amide bonds. The minimum atomic E-state index is -0.0211. The first kappa shape index (κ1) is 19.5. The van der Waals surface area contributed by atoms with Crippen LogP contribution >= 0.6 is 0 Å². The van der Waals surface area contributed by atoms with Gasteiger partial charge in [0.25, 0.3) is 5.91 Å². The summed E-state index contributed by atoms with van der Waals surface area (Å²) in [5.41, 5.74) is 3.72. The number of urea groups is 1. The second-order valence-corrected chi connectivity index (χ2v) is 8.40. The molecule has 0 aliphatic carbocycles. The number of nitrogens with one attached hydrogen (secondary N) is 2. The zero-order chi connectivity index (χ0) is 20.4. The topological polar surface area (TPSA) is 61.4 Å². The Hall–Kier alpha value is -2.82. The Morgan fingerprint density at radius 3 is 2.24 bits per heavy atom. The van der Waals surface area contributed by atoms with Crippen LogP contribution in [0.4, 0.5) is 10.5 Å². The van der Waals surface area contributed by atoms with Crippen LogP contribution in [0.15, 0.2) is 48.5 Å². The summed E-state index contributed by atoms with van der Waals surface area (Å²) in [6, 6.07) is 16.0. The highest BCUT2D eigenvalue weighted by molar-refractivity contribution is 5.95. The average molecular weight is 392 g/mol. The molecule has 2 N–H and O–H groups in total. The Labute approximate surface area is 172 Å². The number of benzene rings is 2. The Kier molecular flexibility index (Phi) is 5.56. The lowest BCUT2D eigenvalue weighted by atomic mass is 9.82. The van der Waals surface area contributed by atoms with Crippen molar-refractivity contribution in [3.8, 4) is 0 Å². The number of hydrogen-bond donors (Lipinski definition) is 2. The molecule has 0 aromatic heterocycles. The summed E-state index contributed by atoms with van der Waals surface area (Å²) in [7, 11) is 0. The van der Waals surface area contributed by atoms with Crippen molar-refractivity contribution >= 4 is 17.6 Å². The van der Waals surface area contributed by atoms with E-state index in [4.69, 9.17) is 0 Å². The van der Waals surface area contributed by atoms with E-state index in [0.29, 0.717) is 0 Å². The molecular formula is C24H29N3O2. The molecule has 5 heteroatoms. The molecule has 2 bridgehead atoms. The first-order valence-corrected chi connectivity index (χ1v) is 10.5. The Bertz CT molecular complexity index is 879. The molecule has 2 fully saturated rings. The van der Waals surface area contributed by atoms with Gasteiger partial charge in [0, 0.05) is 29.4 Å². The number of fused-ring (bicyclic) bond motifs is 2. The van der Waals surface area contributed by atoms with Gasteiger partial charge in [-0.3, -0.25) is 4.79 Å². The molecular weight excluding hydrogens is 362 g/mol. The largest absolute Gasteiger partial charge is 0.349 e. The van der Waals surface area contributed by atoms with Gasteiger partial charge < -0.3 is 15.5 Å². The molecule has 0 spiro atoms. The molecule has 2 aromatic carbocycles. The van der Waals surface area contributed by atoms with Crippen molar-refractivity contribution in [2.24, 2.45) is 0 Å². The summed E-state index contributed by atoms with van der Waals surface area (Å²) >= 11 is 0. The minimum Gasteiger partial charge on any atom is -0.349 e. The molecule has 2 heterocycles. The summed E-state index contributed by atoms with van der Waals surface area (Å²) < 4.78 is 0. The maximum absolute atomic E-state index is 13.0. The third-order valence-electron chi connectivity index (χ3n) is 6.24. The van der Waals surface area contributed by atoms with Gasteiger partial charge in [0.1, 0.15) is 0 Å². The van der Waals surface area contributed by atoms with Crippen LogP contribution in [0.1, 0.15) is 53.6 Å². The maximum atomic E-state index is 13.0. The molecule has 0 radical (unpaired) electrons. The predicted octanol–water partition coefficient (Wildman–Crippen LogP) is 4.65. The van der Waals surface area contributed by atoms with E-state index in [1.165, 1.54) is 5.56 Å². The van der Waals surface area contributed by atoms with Gasteiger partial charge in [-0.05, 0) is 69.7 Å². The summed E-state index contributed by atoms with van der Waals surface area (Å²) in [4.78, 5) is 27.7. The summed E-state index contributed by atoms with van der Waals surface area (Å²) in [6.07, 6.45) is 4.76. The molecule has 152 valence electrons. The van der Waals surface area contributed by atoms with Gasteiger partial charge in [-0.1, -0.05) is 35.9 Å². The molecule has 29 heavy (non-hydrogen) atoms. The Balaban J connectivity index is 1.42. The van der Waals surface area contributed by atoms with Crippen LogP contribution in [-0.2, 0) is 0 Å². The number of rotatable bonds is 3. The van der Waals surface area contributed by atoms with Crippen molar-refractivity contribution in [3.05, 3.63) is 65.2 Å². The van der Waals surface area contributed by atoms with Gasteiger partial charge in [-0.25, -0.2) is 4.79 Å². The highest BCUT2D eigenvalue weighted by Crippen LogP contribution is 2.34. The minimum absolute atomic E-state index is 0.0104. The number of carbonyl (C=O) groups is 2. The lowest BCUT2D eigenvalue weighted by Crippen LogP contribution is -2.59. The zero-order valence-electron chi connectivity index (χ0n) is 17.2. The highest BCUT2D eigenvalue weighted by atomic mass is 16.2. The van der Waals surface area contributed by atoms with Crippen molar-refractivity contribution in [2.75, 3.05) is 5.32 Å². The van der Waals surface area contributed by atoms with E-state index >= 15 is 0 Å². The Morgan fingerprint density at radius 1 is 0.931 bits per heavy atom. The van der Waals surface area contributed by atoms with E-state index in [9.17, 15) is 9.59 Å². The van der Waals surface area contributed by atoms with E-state index in [2.05, 4.69) is 10.6 Å². The maximum Gasteiger partial charge on any atom is 0.322 e. The third kappa shape index (κ3) is 4.29. The van der Waals surface area contributed by atoms with Crippen LogP contribution in [0.25, 0.3) is 0 Å². The number of carbonyl (C=O) groups excluding carboxylic acids is 2. The molecule has 4 rings (SSSR count). The fourth-order valence-electron chi connectivity index (χ4n) is 4.75. The lowest BCUT2D eigenvalue weighted by molar-refractivity contribution is 0.0577. The number of amides is 3. The highest BCUT2D eigenvalue weighted by Gasteiger charge is 2.41. The fourth-order valence-corrected chi connectivity index (χ4v) is 4.75. The van der Waals surface area contributed by atoms with Gasteiger partial charge in [0.05, 0.1) is 0 Å². The van der Waals surface area contributed by atoms with Gasteiger partial charge in [-0.2, -0.15) is 0 Å². The molecule has 5 nitrogen and oxygen atoms in total. The van der Waals surface area contributed by atoms with Crippen LogP contribution in [0.5, 0.6) is 0 Å². The quantitative estimate of drug-likeness (QED) is 0.800. The molecule has 2 atom stereocenters. The van der Waals surface area contributed by atoms with Crippen LogP contribution in [-0.4, -0.2) is 35.0 Å². The number of hydrogen-bond acceptors (Lipinski definition) is 2. The molecule has 2 aliphatic rings. The van der Waals surface area contributed by atoms with Crippen molar-refractivity contribution in [1.29, 1.82) is 0 Å². The van der Waals surface area contributed by atoms with Crippen LogP contribution in [0.2, 0.25) is 0 Å². The van der Waals surface area contributed by atoms with Crippen molar-refractivity contribution in [2.45, 2.75) is 64.1 Å². The molecule has 0 saturated carbocycles. The second kappa shape index (κ2) is 8.27. The lowest BCUT2D eigenvalue weighted by Gasteiger charge is -2.48. The fraction of sp³-hybridized carbons (Fsp3) is 0.417. The van der Waals surface area contributed by atoms with Crippen LogP contribution < -0.4 is 10.6 Å². The number of piperidine rings is 2. The Morgan fingerprint density at radius 2 is 1.59 bits per heavy atom. The van der Waals surface area contributed by atoms with Crippen molar-refractivity contribution < 1.29 is 9.59 Å². The SMILES string of the molecule is Cc1ccc(NC(=O)N2[C@@H]3CCC[C@@H]2CC(NC(=O)c2ccccc2C)C3)cc1. The van der Waals surface area contributed by atoms with Gasteiger partial charge >= 0.3 is 6.03 Å². The van der Waals surface area contributed by atoms with E-state index in [-0.39, 0.29) is 30.1 Å². The van der Waals surface area contributed by atoms with E-state index in [0.717, 1.165) is 48.9 Å². The van der Waals surface area contributed by atoms with Crippen LogP contribution in [0, 0.1) is 13.8 Å². The standard InChI is InChI=1S/C24H29N3O2/c1-16-10-12-18(13-11-16)26-24(29)27-20-7-5-8-21(27)15-19(14-20)25-23(28)22-9-4-3-6-17(22)2/h3-4,6,9-13,19-21H,5,7-8,14-15H2,1-2H3,(H,25,28)(H,26,29)/t20-,21-/m1/s1. The van der Waals surface area contributed by atoms with Crippen molar-refractivity contribution in [3.63, 3.8) is 0 Å². The molecule has 0 unspecified atom stereocenters. The van der Waals surface area contributed by atoms with Gasteiger partial charge in [0.2, 0.25) is 0 Å². The average Bonchev–Trinajstić information content (AvgIpc) is 2.69. The van der Waals surface area contributed by atoms with Gasteiger partial charge in [0.15, 0.2) is 0 Å². The molecule has 2 saturated heterocycles. The molecule has 2 aliphatic heterocycles. The predicted molar refractivity (Wildman–Crippen MR) is 115 cm³/mol. The van der Waals surface area contributed by atoms with Gasteiger partial charge in [-0.15, -0.1) is 0 Å². The zero-order valence-corrected chi connectivity index (χ0v) is 17.2. The van der Waals surface area contributed by atoms with E-state index in [1.54, 1.807) is 0 Å². The summed E-state index contributed by atoms with van der Waals surface area (Å²) in [5.74, 6) is -0.0104. The third-order valence-corrected chi connectivity index (χ3v) is 6.24. The monoisotopic (exact) mass is 391 g/mol. The number of nitrogens with zero attached hydrogens (tertiary/aromatic N) is 1. The summed E-state index contributed by atoms with van der Waals surface area (Å²) in [5, 5.41) is 6.28. The normalized spacial score (nSPS) is 23.4. The molecule has 2 aromatic rings. The first-order chi connectivity index (χ1) is 14.0. The number of aryl methyl sites for hydroxylation is 2. The van der Waals surface area contributed by atoms with E-state index in [1.807, 2.05) is 67.3 Å². The van der Waals surface area contributed by atoms with Crippen LogP contribution in [0.3, 0.4) is 0 Å². The van der Waals surface area contributed by atoms with Crippen molar-refractivity contribution in [1.82, 2.24) is 10.2 Å². The second-order valence-electron chi connectivity index (χ2n) is 8.40. The number of anilines is 1. The smallest absolute Gasteiger partial charge is 0.322 e. The van der Waals surface area contributed by atoms with E-state index < -0.39 is 0 Å². The summed E-state index contributed by atoms with van der Waals surface area (Å²) in [6.45, 7) is 3.99. The first-order valence-electron chi connectivity index (χ1n) is 10.5.